The van der Waals surface area contributed by atoms with Crippen molar-refractivity contribution in [3.05, 3.63) is 65.5 Å². The fraction of sp³-hybridized carbons (Fsp3) is 0.318. The predicted molar refractivity (Wildman–Crippen MR) is 119 cm³/mol. The lowest BCUT2D eigenvalue weighted by atomic mass is 10.1. The lowest BCUT2D eigenvalue weighted by Crippen LogP contribution is -2.48. The second kappa shape index (κ2) is 8.89. The van der Waals surface area contributed by atoms with E-state index in [0.717, 1.165) is 27.3 Å². The average Bonchev–Trinajstić information content (AvgIpc) is 3.18. The molecule has 0 saturated carbocycles. The third-order valence-corrected chi connectivity index (χ3v) is 6.30. The maximum absolute atomic E-state index is 13.1. The Morgan fingerprint density at radius 3 is 2.39 bits per heavy atom. The topological polar surface area (TPSA) is 96.6 Å². The van der Waals surface area contributed by atoms with Crippen LogP contribution < -0.4 is 4.31 Å². The number of likely N-dealkylation sites (N-methyl/N-ethyl adjacent to an activating group) is 1. The van der Waals surface area contributed by atoms with Gasteiger partial charge in [0.05, 0.1) is 18.5 Å². The highest BCUT2D eigenvalue weighted by atomic mass is 32.2. The van der Waals surface area contributed by atoms with Crippen LogP contribution in [0.4, 0.5) is 5.69 Å². The summed E-state index contributed by atoms with van der Waals surface area (Å²) in [5.41, 5.74) is 3.24. The minimum atomic E-state index is -3.70. The highest BCUT2D eigenvalue weighted by Gasteiger charge is 2.31. The Bertz CT molecular complexity index is 1180. The lowest BCUT2D eigenvalue weighted by molar-refractivity contribution is -0.131. The third kappa shape index (κ3) is 5.11. The van der Waals surface area contributed by atoms with Crippen LogP contribution in [-0.2, 0) is 21.4 Å². The molecule has 164 valence electrons. The molecule has 0 aliphatic rings. The largest absolute Gasteiger partial charge is 0.337 e. The number of carbonyl (C=O) groups excluding carboxylic acids is 1. The van der Waals surface area contributed by atoms with Gasteiger partial charge < -0.3 is 9.42 Å². The molecular formula is C22H26N4O4S. The second-order valence-electron chi connectivity index (χ2n) is 7.58. The van der Waals surface area contributed by atoms with Gasteiger partial charge in [0.25, 0.3) is 0 Å². The van der Waals surface area contributed by atoms with Gasteiger partial charge in [-0.2, -0.15) is 4.98 Å². The first-order valence-electron chi connectivity index (χ1n) is 9.77. The van der Waals surface area contributed by atoms with Crippen molar-refractivity contribution in [3.8, 4) is 11.4 Å². The number of aromatic nitrogens is 2. The summed E-state index contributed by atoms with van der Waals surface area (Å²) < 4.78 is 31.5. The number of benzene rings is 2. The number of hydrogen-bond acceptors (Lipinski definition) is 6. The maximum Gasteiger partial charge on any atom is 0.246 e. The van der Waals surface area contributed by atoms with E-state index in [1.807, 2.05) is 50.2 Å². The second-order valence-corrected chi connectivity index (χ2v) is 9.43. The molecule has 31 heavy (non-hydrogen) atoms. The smallest absolute Gasteiger partial charge is 0.246 e. The van der Waals surface area contributed by atoms with E-state index in [1.165, 1.54) is 4.90 Å². The molecule has 1 atom stereocenters. The SMILES string of the molecule is Cc1ccc(N([C@H](C)C(=O)N(C)Cc2nc(-c3ccccc3)no2)S(C)(=O)=O)cc1C. The van der Waals surface area contributed by atoms with E-state index in [-0.39, 0.29) is 18.3 Å². The first kappa shape index (κ1) is 22.5. The van der Waals surface area contributed by atoms with Crippen molar-refractivity contribution in [2.45, 2.75) is 33.4 Å². The summed E-state index contributed by atoms with van der Waals surface area (Å²) in [7, 11) is -2.12. The number of nitrogens with zero attached hydrogens (tertiary/aromatic N) is 4. The molecule has 0 spiro atoms. The van der Waals surface area contributed by atoms with Crippen LogP contribution in [-0.4, -0.2) is 48.7 Å². The fourth-order valence-corrected chi connectivity index (χ4v) is 4.45. The van der Waals surface area contributed by atoms with Gasteiger partial charge >= 0.3 is 0 Å². The summed E-state index contributed by atoms with van der Waals surface area (Å²) in [5, 5.41) is 3.95. The Morgan fingerprint density at radius 1 is 1.10 bits per heavy atom. The molecule has 1 aromatic heterocycles. The van der Waals surface area contributed by atoms with Crippen LogP contribution in [0.5, 0.6) is 0 Å². The molecule has 0 aliphatic carbocycles. The Kier molecular flexibility index (Phi) is 6.45. The van der Waals surface area contributed by atoms with Crippen LogP contribution in [0.3, 0.4) is 0 Å². The number of rotatable bonds is 7. The van der Waals surface area contributed by atoms with Crippen LogP contribution in [0.15, 0.2) is 53.1 Å². The van der Waals surface area contributed by atoms with Crippen LogP contribution in [0.2, 0.25) is 0 Å². The highest BCUT2D eigenvalue weighted by Crippen LogP contribution is 2.24. The van der Waals surface area contributed by atoms with E-state index >= 15 is 0 Å². The normalized spacial score (nSPS) is 12.4. The summed E-state index contributed by atoms with van der Waals surface area (Å²) in [5.74, 6) is 0.305. The van der Waals surface area contributed by atoms with Gasteiger partial charge in [-0.3, -0.25) is 9.10 Å². The maximum atomic E-state index is 13.1. The summed E-state index contributed by atoms with van der Waals surface area (Å²) in [6.45, 7) is 5.48. The van der Waals surface area contributed by atoms with Gasteiger partial charge in [-0.15, -0.1) is 0 Å². The molecule has 3 aromatic rings. The van der Waals surface area contributed by atoms with Crippen molar-refractivity contribution < 1.29 is 17.7 Å². The Hall–Kier alpha value is -3.20. The molecule has 1 amide bonds. The number of sulfonamides is 1. The minimum Gasteiger partial charge on any atom is -0.337 e. The Balaban J connectivity index is 1.79. The van der Waals surface area contributed by atoms with Crippen molar-refractivity contribution in [2.75, 3.05) is 17.6 Å². The zero-order valence-electron chi connectivity index (χ0n) is 18.2. The van der Waals surface area contributed by atoms with Crippen molar-refractivity contribution in [2.24, 2.45) is 0 Å². The summed E-state index contributed by atoms with van der Waals surface area (Å²) in [6.07, 6.45) is 1.09. The molecule has 0 unspecified atom stereocenters. The van der Waals surface area contributed by atoms with Crippen molar-refractivity contribution >= 4 is 21.6 Å². The molecule has 0 bridgehead atoms. The molecular weight excluding hydrogens is 416 g/mol. The van der Waals surface area contributed by atoms with E-state index in [1.54, 1.807) is 26.1 Å². The Morgan fingerprint density at radius 2 is 1.77 bits per heavy atom. The van der Waals surface area contributed by atoms with Crippen molar-refractivity contribution in [3.63, 3.8) is 0 Å². The van der Waals surface area contributed by atoms with Gasteiger partial charge in [-0.1, -0.05) is 41.6 Å². The van der Waals surface area contributed by atoms with Crippen LogP contribution >= 0.6 is 0 Å². The number of aryl methyl sites for hydroxylation is 2. The monoisotopic (exact) mass is 442 g/mol. The average molecular weight is 443 g/mol. The van der Waals surface area contributed by atoms with Crippen LogP contribution in [0.25, 0.3) is 11.4 Å². The van der Waals surface area contributed by atoms with Gasteiger partial charge in [0.15, 0.2) is 0 Å². The van der Waals surface area contributed by atoms with Crippen molar-refractivity contribution in [1.82, 2.24) is 15.0 Å². The summed E-state index contributed by atoms with van der Waals surface area (Å²) >= 11 is 0. The van der Waals surface area contributed by atoms with E-state index in [2.05, 4.69) is 10.1 Å². The first-order chi connectivity index (χ1) is 14.6. The lowest BCUT2D eigenvalue weighted by Gasteiger charge is -2.31. The molecule has 0 aliphatic heterocycles. The Labute approximate surface area is 182 Å². The van der Waals surface area contributed by atoms with Crippen molar-refractivity contribution in [1.29, 1.82) is 0 Å². The standard InChI is InChI=1S/C22H26N4O4S/c1-15-11-12-19(13-16(15)2)26(31(5,28)29)17(3)22(27)25(4)14-20-23-21(24-30-20)18-9-7-6-8-10-18/h6-13,17H,14H2,1-5H3/t17-/m1/s1. The van der Waals surface area contributed by atoms with Gasteiger partial charge in [-0.25, -0.2) is 8.42 Å². The summed E-state index contributed by atoms with van der Waals surface area (Å²) in [4.78, 5) is 18.8. The van der Waals surface area contributed by atoms with E-state index < -0.39 is 16.1 Å². The van der Waals surface area contributed by atoms with Gasteiger partial charge in [0.2, 0.25) is 27.6 Å². The molecule has 0 saturated heterocycles. The number of anilines is 1. The van der Waals surface area contributed by atoms with E-state index in [4.69, 9.17) is 4.52 Å². The quantitative estimate of drug-likeness (QED) is 0.558. The molecule has 0 N–H and O–H groups in total. The van der Waals surface area contributed by atoms with Gasteiger partial charge in [0.1, 0.15) is 6.04 Å². The zero-order valence-corrected chi connectivity index (χ0v) is 19.0. The first-order valence-corrected chi connectivity index (χ1v) is 11.6. The zero-order chi connectivity index (χ0) is 22.8. The van der Waals surface area contributed by atoms with E-state index in [9.17, 15) is 13.2 Å². The highest BCUT2D eigenvalue weighted by molar-refractivity contribution is 7.92. The molecule has 9 heteroatoms. The minimum absolute atomic E-state index is 0.0630. The van der Waals surface area contributed by atoms with Crippen LogP contribution in [0, 0.1) is 13.8 Å². The fourth-order valence-electron chi connectivity index (χ4n) is 3.29. The van der Waals surface area contributed by atoms with Gasteiger partial charge in [-0.05, 0) is 44.0 Å². The van der Waals surface area contributed by atoms with Crippen LogP contribution in [0.1, 0.15) is 23.9 Å². The van der Waals surface area contributed by atoms with Gasteiger partial charge in [0, 0.05) is 12.6 Å². The molecule has 2 aromatic carbocycles. The molecule has 3 rings (SSSR count). The molecule has 0 radical (unpaired) electrons. The summed E-state index contributed by atoms with van der Waals surface area (Å²) in [6, 6.07) is 13.7. The number of amides is 1. The molecule has 0 fully saturated rings. The predicted octanol–water partition coefficient (Wildman–Crippen LogP) is 3.17. The number of hydrogen-bond donors (Lipinski definition) is 0. The molecule has 1 heterocycles. The number of carbonyl (C=O) groups is 1. The third-order valence-electron chi connectivity index (χ3n) is 5.06. The molecule has 8 nitrogen and oxygen atoms in total. The van der Waals surface area contributed by atoms with E-state index in [0.29, 0.717) is 11.5 Å².